The van der Waals surface area contributed by atoms with Crippen LogP contribution in [0.5, 0.6) is 0 Å². The summed E-state index contributed by atoms with van der Waals surface area (Å²) in [4.78, 5) is 28.0. The molecule has 0 saturated carbocycles. The summed E-state index contributed by atoms with van der Waals surface area (Å²) in [7, 11) is -3.79. The molecule has 4 heterocycles. The normalized spacial score (nSPS) is 24.8. The Labute approximate surface area is 244 Å². The molecule has 14 heteroatoms. The smallest absolute Gasteiger partial charge is 0.323 e. The number of carbonyl (C=O) groups is 1. The number of nitrogen functional groups attached to an aromatic ring is 1. The van der Waals surface area contributed by atoms with E-state index in [0.29, 0.717) is 22.5 Å². The Balaban J connectivity index is 1.34. The van der Waals surface area contributed by atoms with E-state index in [2.05, 4.69) is 24.9 Å². The molecule has 5 atom stereocenters. The zero-order chi connectivity index (χ0) is 30.1. The number of aromatic nitrogens is 4. The second kappa shape index (κ2) is 12.2. The number of imidazole rings is 1. The fraction of sp³-hybridized carbons (Fsp3) is 0.571. The van der Waals surface area contributed by atoms with Gasteiger partial charge >= 0.3 is 5.97 Å². The van der Waals surface area contributed by atoms with Crippen molar-refractivity contribution in [3.05, 3.63) is 42.2 Å². The number of nitrogens with zero attached hydrogens (tertiary/aromatic N) is 5. The van der Waals surface area contributed by atoms with Gasteiger partial charge in [0.2, 0.25) is 11.8 Å². The number of nitrogens with two attached hydrogens (primary N) is 1. The molecule has 2 aliphatic heterocycles. The molecular formula is C28H39FN7O5P. The maximum atomic E-state index is 16.3. The van der Waals surface area contributed by atoms with Crippen molar-refractivity contribution in [3.63, 3.8) is 0 Å². The van der Waals surface area contributed by atoms with Gasteiger partial charge in [-0.1, -0.05) is 37.3 Å². The minimum absolute atomic E-state index is 0.0207. The third kappa shape index (κ3) is 6.75. The fourth-order valence-electron chi connectivity index (χ4n) is 5.47. The highest BCUT2D eigenvalue weighted by Crippen LogP contribution is 2.50. The monoisotopic (exact) mass is 603 g/mol. The van der Waals surface area contributed by atoms with Gasteiger partial charge in [-0.3, -0.25) is 13.9 Å². The predicted octanol–water partition coefficient (Wildman–Crippen LogP) is 4.57. The molecule has 0 radical (unpaired) electrons. The number of esters is 1. The van der Waals surface area contributed by atoms with Crippen molar-refractivity contribution in [1.29, 1.82) is 0 Å². The van der Waals surface area contributed by atoms with Crippen LogP contribution in [0.3, 0.4) is 0 Å². The molecule has 0 amide bonds. The number of fused-ring (bicyclic) bond motifs is 1. The first-order valence-electron chi connectivity index (χ1n) is 14.3. The molecule has 3 N–H and O–H groups in total. The average Bonchev–Trinajstić information content (AvgIpc) is 3.67. The van der Waals surface area contributed by atoms with Gasteiger partial charge < -0.3 is 24.6 Å². The van der Waals surface area contributed by atoms with E-state index in [1.807, 2.05) is 13.0 Å². The van der Waals surface area contributed by atoms with Crippen LogP contribution in [0, 0.1) is 5.92 Å². The van der Waals surface area contributed by atoms with Gasteiger partial charge in [0.1, 0.15) is 18.9 Å². The Kier molecular flexibility index (Phi) is 8.84. The Morgan fingerprint density at radius 2 is 1.95 bits per heavy atom. The summed E-state index contributed by atoms with van der Waals surface area (Å²) in [5, 5.41) is 2.79. The lowest BCUT2D eigenvalue weighted by atomic mass is 10.1. The number of hydrogen-bond donors (Lipinski definition) is 2. The topological polar surface area (TPSA) is 147 Å². The third-order valence-corrected chi connectivity index (χ3v) is 9.47. The van der Waals surface area contributed by atoms with Crippen LogP contribution in [0.4, 0.5) is 16.2 Å². The molecule has 1 unspecified atom stereocenters. The van der Waals surface area contributed by atoms with Crippen LogP contribution in [-0.4, -0.2) is 63.2 Å². The van der Waals surface area contributed by atoms with Crippen LogP contribution in [0.2, 0.25) is 0 Å². The van der Waals surface area contributed by atoms with Gasteiger partial charge in [-0.25, -0.2) is 14.5 Å². The highest BCUT2D eigenvalue weighted by atomic mass is 31.2. The van der Waals surface area contributed by atoms with Crippen molar-refractivity contribution in [2.24, 2.45) is 5.92 Å². The zero-order valence-electron chi connectivity index (χ0n) is 24.4. The lowest BCUT2D eigenvalue weighted by Gasteiger charge is -2.27. The number of anilines is 2. The molecule has 0 spiro atoms. The maximum Gasteiger partial charge on any atom is 0.323 e. The van der Waals surface area contributed by atoms with Crippen LogP contribution in [-0.2, 0) is 29.5 Å². The van der Waals surface area contributed by atoms with E-state index in [-0.39, 0.29) is 30.6 Å². The van der Waals surface area contributed by atoms with Gasteiger partial charge in [0.25, 0.3) is 7.52 Å². The van der Waals surface area contributed by atoms with E-state index in [4.69, 9.17) is 19.7 Å². The molecule has 2 aromatic heterocycles. The number of halogens is 1. The summed E-state index contributed by atoms with van der Waals surface area (Å²) in [6.07, 6.45) is 2.50. The molecule has 0 aliphatic carbocycles. The number of ether oxygens (including phenoxy) is 2. The summed E-state index contributed by atoms with van der Waals surface area (Å²) in [6.45, 7) is 7.94. The quantitative estimate of drug-likeness (QED) is 0.235. The van der Waals surface area contributed by atoms with Crippen molar-refractivity contribution in [3.8, 4) is 0 Å². The zero-order valence-corrected chi connectivity index (χ0v) is 25.3. The molecule has 1 aromatic carbocycles. The molecule has 3 aromatic rings. The lowest BCUT2D eigenvalue weighted by molar-refractivity contribution is -0.172. The molecule has 2 aliphatic rings. The minimum atomic E-state index is -3.79. The van der Waals surface area contributed by atoms with Crippen molar-refractivity contribution in [2.45, 2.75) is 77.3 Å². The van der Waals surface area contributed by atoms with Crippen LogP contribution in [0.1, 0.15) is 58.7 Å². The summed E-state index contributed by atoms with van der Waals surface area (Å²) in [5.74, 6) is -2.38. The number of nitrogens with one attached hydrogen (secondary N) is 1. The highest BCUT2D eigenvalue weighted by Gasteiger charge is 2.48. The maximum absolute atomic E-state index is 16.3. The predicted molar refractivity (Wildman–Crippen MR) is 156 cm³/mol. The van der Waals surface area contributed by atoms with Gasteiger partial charge in [-0.2, -0.15) is 9.97 Å². The molecule has 5 rings (SSSR count). The standard InChI is InChI=1S/C28H39FN7O5P/c1-18(2)40-26(37)20(4)34-42(38,15-21-10-6-5-7-11-21)39-16-28(29)14-19(3)25(41-28)36-17-31-22-23(35-12-8-9-13-35)32-27(30)33-24(22)36/h5-7,10-11,17-20,25H,8-9,12-16H2,1-4H3,(H,34,38)(H2,30,32,33)/t19-,20-,25+,28-,42?/m0/s1. The Hall–Kier alpha value is -3.12. The molecular weight excluding hydrogens is 564 g/mol. The SMILES string of the molecule is CC(C)OC(=O)[C@H](C)NP(=O)(Cc1ccccc1)OC[C@]1(F)C[C@H](C)[C@H](n2cnc3c(N4CCCC4)nc(N)nc32)O1. The van der Waals surface area contributed by atoms with Crippen LogP contribution >= 0.6 is 7.52 Å². The fourth-order valence-corrected chi connectivity index (χ4v) is 7.52. The van der Waals surface area contributed by atoms with Gasteiger partial charge in [-0.05, 0) is 39.2 Å². The van der Waals surface area contributed by atoms with Crippen molar-refractivity contribution in [2.75, 3.05) is 30.3 Å². The van der Waals surface area contributed by atoms with Crippen LogP contribution in [0.25, 0.3) is 11.2 Å². The second-order valence-corrected chi connectivity index (χ2v) is 13.6. The van der Waals surface area contributed by atoms with Crippen molar-refractivity contribution in [1.82, 2.24) is 24.6 Å². The van der Waals surface area contributed by atoms with Gasteiger partial charge in [-0.15, -0.1) is 0 Å². The molecule has 0 bridgehead atoms. The first-order valence-corrected chi connectivity index (χ1v) is 16.1. The summed E-state index contributed by atoms with van der Waals surface area (Å²) >= 11 is 0. The Morgan fingerprint density at radius 3 is 2.64 bits per heavy atom. The number of benzene rings is 1. The van der Waals surface area contributed by atoms with Crippen LogP contribution in [0.15, 0.2) is 36.7 Å². The lowest BCUT2D eigenvalue weighted by Crippen LogP contribution is -2.37. The summed E-state index contributed by atoms with van der Waals surface area (Å²) in [5.41, 5.74) is 7.80. The number of carbonyl (C=O) groups excluding carboxylic acids is 1. The summed E-state index contributed by atoms with van der Waals surface area (Å²) < 4.78 is 49.0. The Bertz CT molecular complexity index is 1450. The molecule has 12 nitrogen and oxygen atoms in total. The molecule has 228 valence electrons. The summed E-state index contributed by atoms with van der Waals surface area (Å²) in [6, 6.07) is 8.08. The van der Waals surface area contributed by atoms with E-state index in [9.17, 15) is 9.36 Å². The van der Waals surface area contributed by atoms with E-state index in [1.54, 1.807) is 49.0 Å². The number of rotatable bonds is 11. The van der Waals surface area contributed by atoms with Crippen molar-refractivity contribution >= 4 is 36.4 Å². The largest absolute Gasteiger partial charge is 0.462 e. The van der Waals surface area contributed by atoms with E-state index >= 15 is 4.39 Å². The number of alkyl halides is 1. The van der Waals surface area contributed by atoms with E-state index in [1.165, 1.54) is 6.92 Å². The van der Waals surface area contributed by atoms with E-state index < -0.39 is 38.2 Å². The van der Waals surface area contributed by atoms with E-state index in [0.717, 1.165) is 25.9 Å². The highest BCUT2D eigenvalue weighted by molar-refractivity contribution is 7.56. The van der Waals surface area contributed by atoms with Gasteiger partial charge in [0.15, 0.2) is 17.0 Å². The van der Waals surface area contributed by atoms with Gasteiger partial charge in [0.05, 0.1) is 18.6 Å². The molecule has 2 fully saturated rings. The third-order valence-electron chi connectivity index (χ3n) is 7.36. The second-order valence-electron chi connectivity index (χ2n) is 11.4. The minimum Gasteiger partial charge on any atom is -0.462 e. The molecule has 42 heavy (non-hydrogen) atoms. The first kappa shape index (κ1) is 30.3. The molecule has 2 saturated heterocycles. The van der Waals surface area contributed by atoms with Crippen LogP contribution < -0.4 is 15.7 Å². The van der Waals surface area contributed by atoms with Crippen molar-refractivity contribution < 1.29 is 27.7 Å². The first-order chi connectivity index (χ1) is 20.0. The average molecular weight is 604 g/mol. The Morgan fingerprint density at radius 1 is 1.24 bits per heavy atom. The number of hydrogen-bond acceptors (Lipinski definition) is 10. The van der Waals surface area contributed by atoms with Gasteiger partial charge in [0, 0.05) is 25.4 Å².